The van der Waals surface area contributed by atoms with Crippen LogP contribution in [0.4, 0.5) is 0 Å². The molecule has 1 atom stereocenters. The van der Waals surface area contributed by atoms with Gasteiger partial charge in [-0.2, -0.15) is 0 Å². The van der Waals surface area contributed by atoms with Crippen LogP contribution in [0.25, 0.3) is 10.9 Å². The Hall–Kier alpha value is -1.32. The van der Waals surface area contributed by atoms with E-state index in [1.165, 1.54) is 10.9 Å². The molecule has 2 aromatic rings. The first-order valence-corrected chi connectivity index (χ1v) is 5.34. The van der Waals surface area contributed by atoms with Gasteiger partial charge >= 0.3 is 0 Å². The molecule has 1 heterocycles. The predicted molar refractivity (Wildman–Crippen MR) is 63.5 cm³/mol. The fraction of sp³-hybridized carbons (Fsp3) is 0.333. The van der Waals surface area contributed by atoms with Crippen molar-refractivity contribution >= 4 is 10.9 Å². The van der Waals surface area contributed by atoms with Gasteiger partial charge in [0.2, 0.25) is 0 Å². The number of para-hydroxylation sites is 1. The number of fused-ring (bicyclic) bond motifs is 1. The summed E-state index contributed by atoms with van der Waals surface area (Å²) in [4.78, 5) is 3.23. The average Bonchev–Trinajstić information content (AvgIpc) is 2.69. The Kier molecular flexibility index (Phi) is 3.04. The molecule has 3 nitrogen and oxygen atoms in total. The molecule has 1 aromatic heterocycles. The summed E-state index contributed by atoms with van der Waals surface area (Å²) in [6.07, 6.45) is 3.92. The number of benzene rings is 1. The predicted octanol–water partition coefficient (Wildman–Crippen LogP) is 1.91. The molecule has 0 spiro atoms. The summed E-state index contributed by atoms with van der Waals surface area (Å²) in [5.74, 6) is 0. The molecular formula is C12H17N3. The maximum atomic E-state index is 6.12. The molecule has 0 unspecified atom stereocenters. The molecule has 15 heavy (non-hydrogen) atoms. The number of rotatable bonds is 4. The van der Waals surface area contributed by atoms with Gasteiger partial charge in [0.05, 0.1) is 0 Å². The first kappa shape index (κ1) is 10.2. The van der Waals surface area contributed by atoms with E-state index in [0.29, 0.717) is 6.54 Å². The molecule has 1 aromatic carbocycles. The first-order chi connectivity index (χ1) is 7.33. The van der Waals surface area contributed by atoms with Crippen molar-refractivity contribution < 1.29 is 0 Å². The summed E-state index contributed by atoms with van der Waals surface area (Å²) in [6.45, 7) is 0.704. The molecule has 0 fully saturated rings. The van der Waals surface area contributed by atoms with Crippen LogP contribution in [-0.4, -0.2) is 11.5 Å². The number of nitrogens with two attached hydrogens (primary N) is 2. The summed E-state index contributed by atoms with van der Waals surface area (Å²) < 4.78 is 0. The molecule has 0 amide bonds. The van der Waals surface area contributed by atoms with E-state index in [4.69, 9.17) is 11.5 Å². The van der Waals surface area contributed by atoms with Crippen LogP contribution in [0.15, 0.2) is 30.5 Å². The van der Waals surface area contributed by atoms with Crippen molar-refractivity contribution in [1.82, 2.24) is 4.98 Å². The average molecular weight is 203 g/mol. The number of H-pyrrole nitrogens is 1. The molecule has 5 N–H and O–H groups in total. The van der Waals surface area contributed by atoms with Crippen molar-refractivity contribution in [3.05, 3.63) is 36.0 Å². The molecule has 0 aliphatic heterocycles. The second kappa shape index (κ2) is 4.47. The van der Waals surface area contributed by atoms with E-state index in [2.05, 4.69) is 17.1 Å². The fourth-order valence-corrected chi connectivity index (χ4v) is 1.89. The smallest absolute Gasteiger partial charge is 0.0457 e. The van der Waals surface area contributed by atoms with E-state index >= 15 is 0 Å². The third kappa shape index (κ3) is 2.03. The Morgan fingerprint density at radius 1 is 1.27 bits per heavy atom. The second-order valence-electron chi connectivity index (χ2n) is 3.83. The van der Waals surface area contributed by atoms with Gasteiger partial charge in [-0.3, -0.25) is 0 Å². The summed E-state index contributed by atoms with van der Waals surface area (Å²) in [5, 5.41) is 1.22. The third-order valence-electron chi connectivity index (χ3n) is 2.74. The SMILES string of the molecule is NCCC[C@H](N)c1c[nH]c2ccccc12. The highest BCUT2D eigenvalue weighted by molar-refractivity contribution is 5.83. The highest BCUT2D eigenvalue weighted by atomic mass is 14.7. The van der Waals surface area contributed by atoms with E-state index in [1.807, 2.05) is 18.3 Å². The molecule has 3 heteroatoms. The van der Waals surface area contributed by atoms with Crippen molar-refractivity contribution in [3.8, 4) is 0 Å². The van der Waals surface area contributed by atoms with Gasteiger partial charge in [-0.25, -0.2) is 0 Å². The van der Waals surface area contributed by atoms with Crippen molar-refractivity contribution in [2.24, 2.45) is 11.5 Å². The molecule has 0 radical (unpaired) electrons. The molecule has 0 saturated carbocycles. The van der Waals surface area contributed by atoms with Gasteiger partial charge in [0, 0.05) is 23.1 Å². The normalized spacial score (nSPS) is 13.2. The number of aromatic amines is 1. The standard InChI is InChI=1S/C12H17N3/c13-7-3-5-11(14)10-8-15-12-6-2-1-4-9(10)12/h1-2,4,6,8,11,15H,3,5,7,13-14H2/t11-/m0/s1. The summed E-state index contributed by atoms with van der Waals surface area (Å²) in [5.41, 5.74) is 13.9. The Labute approximate surface area is 89.5 Å². The van der Waals surface area contributed by atoms with E-state index in [0.717, 1.165) is 18.4 Å². The van der Waals surface area contributed by atoms with Gasteiger partial charge in [0.25, 0.3) is 0 Å². The van der Waals surface area contributed by atoms with Gasteiger partial charge in [-0.05, 0) is 31.0 Å². The van der Waals surface area contributed by atoms with E-state index in [-0.39, 0.29) is 6.04 Å². The lowest BCUT2D eigenvalue weighted by molar-refractivity contribution is 0.621. The number of hydrogen-bond acceptors (Lipinski definition) is 2. The zero-order chi connectivity index (χ0) is 10.7. The van der Waals surface area contributed by atoms with Crippen LogP contribution < -0.4 is 11.5 Å². The Balaban J connectivity index is 2.27. The molecular weight excluding hydrogens is 186 g/mol. The van der Waals surface area contributed by atoms with Crippen molar-refractivity contribution in [3.63, 3.8) is 0 Å². The van der Waals surface area contributed by atoms with Crippen LogP contribution in [0, 0.1) is 0 Å². The van der Waals surface area contributed by atoms with Crippen molar-refractivity contribution in [2.75, 3.05) is 6.54 Å². The van der Waals surface area contributed by atoms with Crippen LogP contribution in [0.1, 0.15) is 24.4 Å². The summed E-state index contributed by atoms with van der Waals surface area (Å²) >= 11 is 0. The molecule has 0 aliphatic rings. The van der Waals surface area contributed by atoms with Gasteiger partial charge in [-0.15, -0.1) is 0 Å². The van der Waals surface area contributed by atoms with E-state index in [9.17, 15) is 0 Å². The topological polar surface area (TPSA) is 67.8 Å². The zero-order valence-electron chi connectivity index (χ0n) is 8.74. The number of nitrogens with one attached hydrogen (secondary N) is 1. The minimum Gasteiger partial charge on any atom is -0.361 e. The largest absolute Gasteiger partial charge is 0.361 e. The Morgan fingerprint density at radius 2 is 2.07 bits per heavy atom. The Morgan fingerprint density at radius 3 is 2.87 bits per heavy atom. The fourth-order valence-electron chi connectivity index (χ4n) is 1.89. The molecule has 0 saturated heterocycles. The maximum absolute atomic E-state index is 6.12. The Bertz CT molecular complexity index is 433. The number of hydrogen-bond donors (Lipinski definition) is 3. The lowest BCUT2D eigenvalue weighted by Crippen LogP contribution is -2.12. The van der Waals surface area contributed by atoms with Gasteiger partial charge in [0.1, 0.15) is 0 Å². The monoisotopic (exact) mass is 203 g/mol. The summed E-state index contributed by atoms with van der Waals surface area (Å²) in [6, 6.07) is 8.31. The highest BCUT2D eigenvalue weighted by Gasteiger charge is 2.10. The van der Waals surface area contributed by atoms with Crippen LogP contribution in [-0.2, 0) is 0 Å². The molecule has 0 bridgehead atoms. The minimum atomic E-state index is 0.0877. The van der Waals surface area contributed by atoms with Crippen molar-refractivity contribution in [1.29, 1.82) is 0 Å². The van der Waals surface area contributed by atoms with Gasteiger partial charge in [-0.1, -0.05) is 18.2 Å². The van der Waals surface area contributed by atoms with Gasteiger partial charge in [0.15, 0.2) is 0 Å². The summed E-state index contributed by atoms with van der Waals surface area (Å²) in [7, 11) is 0. The zero-order valence-corrected chi connectivity index (χ0v) is 8.74. The quantitative estimate of drug-likeness (QED) is 0.710. The van der Waals surface area contributed by atoms with Crippen molar-refractivity contribution in [2.45, 2.75) is 18.9 Å². The highest BCUT2D eigenvalue weighted by Crippen LogP contribution is 2.24. The van der Waals surface area contributed by atoms with Gasteiger partial charge < -0.3 is 16.5 Å². The van der Waals surface area contributed by atoms with E-state index in [1.54, 1.807) is 0 Å². The second-order valence-corrected chi connectivity index (χ2v) is 3.83. The van der Waals surface area contributed by atoms with E-state index < -0.39 is 0 Å². The molecule has 80 valence electrons. The van der Waals surface area contributed by atoms with Crippen LogP contribution in [0.3, 0.4) is 0 Å². The van der Waals surface area contributed by atoms with Crippen LogP contribution in [0.2, 0.25) is 0 Å². The lowest BCUT2D eigenvalue weighted by Gasteiger charge is -2.09. The minimum absolute atomic E-state index is 0.0877. The first-order valence-electron chi connectivity index (χ1n) is 5.34. The lowest BCUT2D eigenvalue weighted by atomic mass is 10.0. The number of aromatic nitrogens is 1. The maximum Gasteiger partial charge on any atom is 0.0457 e. The molecule has 0 aliphatic carbocycles. The van der Waals surface area contributed by atoms with Crippen LogP contribution in [0.5, 0.6) is 0 Å². The third-order valence-corrected chi connectivity index (χ3v) is 2.74. The van der Waals surface area contributed by atoms with Crippen LogP contribution >= 0.6 is 0 Å². The molecule has 2 rings (SSSR count).